The predicted molar refractivity (Wildman–Crippen MR) is 115 cm³/mol. The molecule has 0 spiro atoms. The Balaban J connectivity index is 1.57. The van der Waals surface area contributed by atoms with E-state index in [1.165, 1.54) is 37.7 Å². The lowest BCUT2D eigenvalue weighted by Gasteiger charge is -2.66. The smallest absolute Gasteiger partial charge is 0.302 e. The van der Waals surface area contributed by atoms with Crippen molar-refractivity contribution in [3.63, 3.8) is 0 Å². The highest BCUT2D eigenvalue weighted by atomic mass is 16.6. The van der Waals surface area contributed by atoms with Crippen LogP contribution in [-0.2, 0) is 14.3 Å². The fourth-order valence-corrected chi connectivity index (χ4v) is 9.45. The summed E-state index contributed by atoms with van der Waals surface area (Å²) in [6, 6.07) is 0. The summed E-state index contributed by atoms with van der Waals surface area (Å²) in [5.74, 6) is 2.18. The molecule has 4 aliphatic carbocycles. The average molecular weight is 417 g/mol. The van der Waals surface area contributed by atoms with E-state index in [1.54, 1.807) is 6.92 Å². The maximum absolute atomic E-state index is 12.2. The Bertz CT molecular complexity index is 756. The van der Waals surface area contributed by atoms with Gasteiger partial charge in [-0.05, 0) is 78.6 Å². The Morgan fingerprint density at radius 1 is 1.17 bits per heavy atom. The molecule has 0 bridgehead atoms. The first kappa shape index (κ1) is 21.0. The van der Waals surface area contributed by atoms with Gasteiger partial charge in [-0.15, -0.1) is 0 Å². The number of fused-ring (bicyclic) bond motifs is 7. The van der Waals surface area contributed by atoms with Gasteiger partial charge in [0.2, 0.25) is 0 Å². The zero-order chi connectivity index (χ0) is 21.5. The highest BCUT2D eigenvalue weighted by Crippen LogP contribution is 2.69. The number of esters is 1. The van der Waals surface area contributed by atoms with Crippen LogP contribution in [0.5, 0.6) is 0 Å². The number of ether oxygens (including phenoxy) is 2. The number of aliphatic hydroxyl groups excluding tert-OH is 1. The van der Waals surface area contributed by atoms with Crippen molar-refractivity contribution in [1.29, 1.82) is 0 Å². The Morgan fingerprint density at radius 3 is 2.67 bits per heavy atom. The van der Waals surface area contributed by atoms with Crippen LogP contribution in [0.2, 0.25) is 0 Å². The lowest BCUT2D eigenvalue weighted by atomic mass is 9.39. The molecule has 4 fully saturated rings. The Kier molecular flexibility index (Phi) is 4.77. The summed E-state index contributed by atoms with van der Waals surface area (Å²) in [4.78, 5) is 12.2. The van der Waals surface area contributed by atoms with E-state index in [0.717, 1.165) is 18.8 Å². The number of aliphatic hydroxyl groups is 1. The highest BCUT2D eigenvalue weighted by molar-refractivity contribution is 5.66. The van der Waals surface area contributed by atoms with Crippen LogP contribution in [0.4, 0.5) is 0 Å². The molecule has 0 radical (unpaired) electrons. The highest BCUT2D eigenvalue weighted by Gasteiger charge is 2.66. The van der Waals surface area contributed by atoms with Crippen molar-refractivity contribution in [1.82, 2.24) is 0 Å². The van der Waals surface area contributed by atoms with Crippen LogP contribution in [0.25, 0.3) is 0 Å². The van der Waals surface area contributed by atoms with Crippen molar-refractivity contribution in [2.75, 3.05) is 6.61 Å². The average Bonchev–Trinajstić information content (AvgIpc) is 3.03. The van der Waals surface area contributed by atoms with Crippen LogP contribution in [0.15, 0.2) is 11.6 Å². The van der Waals surface area contributed by atoms with Crippen LogP contribution >= 0.6 is 0 Å². The van der Waals surface area contributed by atoms with Crippen molar-refractivity contribution in [3.8, 4) is 0 Å². The number of allylic oxidation sites excluding steroid dienone is 1. The first-order valence-electron chi connectivity index (χ1n) is 12.2. The van der Waals surface area contributed by atoms with E-state index < -0.39 is 6.29 Å². The maximum atomic E-state index is 12.2. The van der Waals surface area contributed by atoms with Crippen molar-refractivity contribution in [3.05, 3.63) is 11.6 Å². The van der Waals surface area contributed by atoms with E-state index in [-0.39, 0.29) is 23.4 Å². The third-order valence-corrected chi connectivity index (χ3v) is 10.6. The summed E-state index contributed by atoms with van der Waals surface area (Å²) in [6.45, 7) is 11.9. The van der Waals surface area contributed by atoms with E-state index in [0.29, 0.717) is 35.2 Å². The van der Waals surface area contributed by atoms with E-state index in [2.05, 4.69) is 33.8 Å². The normalized spacial score (nSPS) is 51.7. The second-order valence-corrected chi connectivity index (χ2v) is 12.2. The minimum absolute atomic E-state index is 0.0464. The molecule has 1 aliphatic heterocycles. The molecule has 5 aliphatic rings. The molecule has 1 N–H and O–H groups in total. The van der Waals surface area contributed by atoms with Crippen molar-refractivity contribution >= 4 is 5.97 Å². The molecule has 0 amide bonds. The molecule has 30 heavy (non-hydrogen) atoms. The minimum Gasteiger partial charge on any atom is -0.462 e. The van der Waals surface area contributed by atoms with Gasteiger partial charge in [0, 0.05) is 18.3 Å². The topological polar surface area (TPSA) is 55.8 Å². The molecule has 4 nitrogen and oxygen atoms in total. The van der Waals surface area contributed by atoms with Crippen LogP contribution < -0.4 is 0 Å². The summed E-state index contributed by atoms with van der Waals surface area (Å²) >= 11 is 0. The molecule has 0 aromatic rings. The summed E-state index contributed by atoms with van der Waals surface area (Å²) in [5, 5.41) is 10.8. The van der Waals surface area contributed by atoms with E-state index in [4.69, 9.17) is 9.47 Å². The third-order valence-electron chi connectivity index (χ3n) is 10.6. The Morgan fingerprint density at radius 2 is 1.93 bits per heavy atom. The van der Waals surface area contributed by atoms with Gasteiger partial charge in [0.05, 0.1) is 6.61 Å². The van der Waals surface area contributed by atoms with Gasteiger partial charge in [-0.2, -0.15) is 0 Å². The van der Waals surface area contributed by atoms with Gasteiger partial charge in [0.1, 0.15) is 6.10 Å². The van der Waals surface area contributed by atoms with Crippen molar-refractivity contribution in [2.45, 2.75) is 92.0 Å². The minimum atomic E-state index is -0.779. The fourth-order valence-electron chi connectivity index (χ4n) is 9.45. The van der Waals surface area contributed by atoms with Gasteiger partial charge in [0.25, 0.3) is 0 Å². The molecular formula is C26H40O4. The molecule has 3 saturated carbocycles. The van der Waals surface area contributed by atoms with Crippen LogP contribution in [0.3, 0.4) is 0 Å². The summed E-state index contributed by atoms with van der Waals surface area (Å²) < 4.78 is 11.8. The predicted octanol–water partition coefficient (Wildman–Crippen LogP) is 5.10. The molecule has 9 unspecified atom stereocenters. The first-order valence-corrected chi connectivity index (χ1v) is 12.2. The molecule has 0 aromatic carbocycles. The fraction of sp³-hybridized carbons (Fsp3) is 0.885. The summed E-state index contributed by atoms with van der Waals surface area (Å²) in [7, 11) is 0. The second-order valence-electron chi connectivity index (χ2n) is 12.2. The molecule has 5 rings (SSSR count). The molecule has 168 valence electrons. The van der Waals surface area contributed by atoms with Gasteiger partial charge in [-0.1, -0.05) is 40.2 Å². The Labute approximate surface area is 181 Å². The van der Waals surface area contributed by atoms with Crippen LogP contribution in [0, 0.1) is 45.8 Å². The zero-order valence-electron chi connectivity index (χ0n) is 19.4. The number of hydrogen-bond acceptors (Lipinski definition) is 4. The number of carbonyl (C=O) groups excluding carboxylic acids is 1. The summed E-state index contributed by atoms with van der Waals surface area (Å²) in [6.07, 6.45) is 9.92. The SMILES string of the molecule is CC(=O)OC1CC2C(CCC3C(C)(C)CCCC23C)C2CC=C3COC(O)C3C12C. The third kappa shape index (κ3) is 2.75. The molecule has 1 saturated heterocycles. The lowest BCUT2D eigenvalue weighted by Crippen LogP contribution is -2.63. The standard InChI is InChI=1S/C26H40O4/c1-15(27)30-21-13-19-17(8-10-20-24(2,3)11-6-12-25(19,20)4)18-9-7-16-14-29-23(28)22(16)26(18,21)5/h7,17-23,28H,6,8-14H2,1-5H3. The van der Waals surface area contributed by atoms with Gasteiger partial charge in [0.15, 0.2) is 6.29 Å². The van der Waals surface area contributed by atoms with Crippen molar-refractivity contribution in [2.24, 2.45) is 45.8 Å². The lowest BCUT2D eigenvalue weighted by molar-refractivity contribution is -0.225. The Hall–Kier alpha value is -0.870. The zero-order valence-corrected chi connectivity index (χ0v) is 19.4. The number of carbonyl (C=O) groups is 1. The van der Waals surface area contributed by atoms with Gasteiger partial charge in [-0.3, -0.25) is 4.79 Å². The maximum Gasteiger partial charge on any atom is 0.302 e. The molecule has 4 heteroatoms. The van der Waals surface area contributed by atoms with Crippen molar-refractivity contribution < 1.29 is 19.4 Å². The monoisotopic (exact) mass is 416 g/mol. The van der Waals surface area contributed by atoms with Crippen LogP contribution in [0.1, 0.15) is 79.6 Å². The van der Waals surface area contributed by atoms with E-state index in [1.807, 2.05) is 0 Å². The number of rotatable bonds is 1. The summed E-state index contributed by atoms with van der Waals surface area (Å²) in [5.41, 5.74) is 1.68. The largest absolute Gasteiger partial charge is 0.462 e. The molecule has 0 aromatic heterocycles. The van der Waals surface area contributed by atoms with Gasteiger partial charge < -0.3 is 14.6 Å². The van der Waals surface area contributed by atoms with E-state index >= 15 is 0 Å². The number of hydrogen-bond donors (Lipinski definition) is 1. The molecule has 1 heterocycles. The van der Waals surface area contributed by atoms with Gasteiger partial charge in [-0.25, -0.2) is 0 Å². The van der Waals surface area contributed by atoms with Crippen LogP contribution in [-0.4, -0.2) is 30.1 Å². The van der Waals surface area contributed by atoms with Gasteiger partial charge >= 0.3 is 5.97 Å². The molecular weight excluding hydrogens is 376 g/mol. The quantitative estimate of drug-likeness (QED) is 0.477. The first-order chi connectivity index (χ1) is 14.1. The molecule has 9 atom stereocenters. The van der Waals surface area contributed by atoms with E-state index in [9.17, 15) is 9.90 Å². The second kappa shape index (κ2) is 6.81.